The fourth-order valence-corrected chi connectivity index (χ4v) is 3.41. The van der Waals surface area contributed by atoms with E-state index in [2.05, 4.69) is 30.8 Å². The van der Waals surface area contributed by atoms with E-state index in [1.165, 1.54) is 5.56 Å². The number of ether oxygens (including phenoxy) is 1. The molecule has 1 aromatic carbocycles. The smallest absolute Gasteiger partial charge is 0.534 e. The number of amides is 1. The Balaban J connectivity index is 1.56. The highest BCUT2D eigenvalue weighted by Gasteiger charge is 2.42. The fourth-order valence-electron chi connectivity index (χ4n) is 3.41. The van der Waals surface area contributed by atoms with Gasteiger partial charge in [0.25, 0.3) is 0 Å². The third-order valence-electron chi connectivity index (χ3n) is 5.15. The van der Waals surface area contributed by atoms with Gasteiger partial charge >= 0.3 is 13.2 Å². The van der Waals surface area contributed by atoms with Crippen molar-refractivity contribution in [2.75, 3.05) is 13.1 Å². The van der Waals surface area contributed by atoms with Gasteiger partial charge in [0.15, 0.2) is 0 Å². The Bertz CT molecular complexity index is 700. The lowest BCUT2D eigenvalue weighted by Crippen LogP contribution is -2.41. The SMILES string of the molecule is C=C1OB(c2ccc(C3CCN(C(=O)OC(C)(C)C)CC3)cc2)OC1(C)C. The van der Waals surface area contributed by atoms with Gasteiger partial charge in [-0.1, -0.05) is 30.8 Å². The second-order valence-corrected chi connectivity index (χ2v) is 8.91. The van der Waals surface area contributed by atoms with Crippen molar-refractivity contribution in [3.63, 3.8) is 0 Å². The van der Waals surface area contributed by atoms with Crippen LogP contribution in [-0.2, 0) is 14.0 Å². The van der Waals surface area contributed by atoms with Gasteiger partial charge in [0.2, 0.25) is 0 Å². The number of hydrogen-bond acceptors (Lipinski definition) is 4. The lowest BCUT2D eigenvalue weighted by molar-refractivity contribution is 0.0205. The zero-order chi connectivity index (χ0) is 19.8. The molecule has 0 N–H and O–H groups in total. The van der Waals surface area contributed by atoms with E-state index in [0.29, 0.717) is 11.7 Å². The van der Waals surface area contributed by atoms with E-state index < -0.39 is 18.3 Å². The Morgan fingerprint density at radius 1 is 1.22 bits per heavy atom. The van der Waals surface area contributed by atoms with Crippen molar-refractivity contribution in [3.05, 3.63) is 42.2 Å². The topological polar surface area (TPSA) is 48.0 Å². The molecule has 2 saturated heterocycles. The summed E-state index contributed by atoms with van der Waals surface area (Å²) in [6, 6.07) is 8.41. The molecule has 0 radical (unpaired) electrons. The van der Waals surface area contributed by atoms with Crippen molar-refractivity contribution in [2.24, 2.45) is 0 Å². The third kappa shape index (κ3) is 4.67. The number of nitrogens with zero attached hydrogens (tertiary/aromatic N) is 1. The van der Waals surface area contributed by atoms with Crippen LogP contribution < -0.4 is 5.46 Å². The molecule has 0 atom stereocenters. The van der Waals surface area contributed by atoms with Gasteiger partial charge in [-0.3, -0.25) is 0 Å². The maximum absolute atomic E-state index is 12.2. The maximum Gasteiger partial charge on any atom is 0.563 e. The average molecular weight is 371 g/mol. The quantitative estimate of drug-likeness (QED) is 0.742. The van der Waals surface area contributed by atoms with Crippen molar-refractivity contribution in [1.82, 2.24) is 4.90 Å². The Hall–Kier alpha value is -1.95. The summed E-state index contributed by atoms with van der Waals surface area (Å²) >= 11 is 0. The molecule has 0 unspecified atom stereocenters. The molecule has 0 saturated carbocycles. The first-order chi connectivity index (χ1) is 12.5. The van der Waals surface area contributed by atoms with Gasteiger partial charge in [-0.25, -0.2) is 4.79 Å². The highest BCUT2D eigenvalue weighted by Crippen LogP contribution is 2.31. The lowest BCUT2D eigenvalue weighted by atomic mass is 9.77. The molecule has 1 amide bonds. The summed E-state index contributed by atoms with van der Waals surface area (Å²) < 4.78 is 17.2. The van der Waals surface area contributed by atoms with Gasteiger partial charge in [0.05, 0.1) is 5.76 Å². The summed E-state index contributed by atoms with van der Waals surface area (Å²) in [6.45, 7) is 15.0. The molecule has 27 heavy (non-hydrogen) atoms. The molecule has 2 aliphatic heterocycles. The first kappa shape index (κ1) is 19.8. The van der Waals surface area contributed by atoms with Gasteiger partial charge in [-0.05, 0) is 64.4 Å². The number of rotatable bonds is 2. The van der Waals surface area contributed by atoms with E-state index in [1.54, 1.807) is 0 Å². The van der Waals surface area contributed by atoms with Crippen molar-refractivity contribution in [1.29, 1.82) is 0 Å². The Kier molecular flexibility index (Phi) is 5.30. The minimum atomic E-state index is -0.460. The van der Waals surface area contributed by atoms with Gasteiger partial charge in [0.1, 0.15) is 11.2 Å². The van der Waals surface area contributed by atoms with Crippen LogP contribution in [0.25, 0.3) is 0 Å². The van der Waals surface area contributed by atoms with Gasteiger partial charge in [-0.2, -0.15) is 0 Å². The first-order valence-corrected chi connectivity index (χ1v) is 9.67. The molecule has 6 heteroatoms. The molecule has 0 spiro atoms. The van der Waals surface area contributed by atoms with E-state index in [9.17, 15) is 4.79 Å². The predicted molar refractivity (Wildman–Crippen MR) is 107 cm³/mol. The number of hydrogen-bond donors (Lipinski definition) is 0. The largest absolute Gasteiger partial charge is 0.563 e. The molecule has 0 aromatic heterocycles. The summed E-state index contributed by atoms with van der Waals surface area (Å²) in [6.07, 6.45) is 1.67. The van der Waals surface area contributed by atoms with Crippen molar-refractivity contribution >= 4 is 18.7 Å². The van der Waals surface area contributed by atoms with Crippen LogP contribution in [0.2, 0.25) is 0 Å². The highest BCUT2D eigenvalue weighted by atomic mass is 16.7. The van der Waals surface area contributed by atoms with E-state index in [-0.39, 0.29) is 6.09 Å². The van der Waals surface area contributed by atoms with E-state index in [4.69, 9.17) is 14.0 Å². The van der Waals surface area contributed by atoms with Crippen LogP contribution in [0.15, 0.2) is 36.6 Å². The fraction of sp³-hybridized carbons (Fsp3) is 0.571. The third-order valence-corrected chi connectivity index (χ3v) is 5.15. The van der Waals surface area contributed by atoms with Crippen LogP contribution in [0.3, 0.4) is 0 Å². The number of piperidine rings is 1. The standard InChI is InChI=1S/C21H30BNO4/c1-15-21(5,6)27-22(26-15)18-9-7-16(8-10-18)17-11-13-23(14-12-17)19(24)25-20(2,3)4/h7-10,17H,1,11-14H2,2-6H3. The number of benzene rings is 1. The number of carbonyl (C=O) groups is 1. The highest BCUT2D eigenvalue weighted by molar-refractivity contribution is 6.62. The molecule has 146 valence electrons. The van der Waals surface area contributed by atoms with E-state index in [1.807, 2.05) is 39.5 Å². The minimum Gasteiger partial charge on any atom is -0.534 e. The molecule has 0 bridgehead atoms. The summed E-state index contributed by atoms with van der Waals surface area (Å²) in [7, 11) is -0.393. The molecule has 5 nitrogen and oxygen atoms in total. The maximum atomic E-state index is 12.2. The van der Waals surface area contributed by atoms with E-state index >= 15 is 0 Å². The normalized spacial score (nSPS) is 20.6. The molecule has 1 aromatic rings. The van der Waals surface area contributed by atoms with Gasteiger partial charge in [-0.15, -0.1) is 0 Å². The van der Waals surface area contributed by atoms with Crippen LogP contribution in [0.4, 0.5) is 4.79 Å². The summed E-state index contributed by atoms with van der Waals surface area (Å²) in [4.78, 5) is 14.0. The van der Waals surface area contributed by atoms with Crippen molar-refractivity contribution in [2.45, 2.75) is 64.6 Å². The van der Waals surface area contributed by atoms with Crippen LogP contribution in [0.5, 0.6) is 0 Å². The Labute approximate surface area is 162 Å². The zero-order valence-corrected chi connectivity index (χ0v) is 17.1. The van der Waals surface area contributed by atoms with Gasteiger partial charge in [0, 0.05) is 13.1 Å². The summed E-state index contributed by atoms with van der Waals surface area (Å²) in [5, 5.41) is 0. The van der Waals surface area contributed by atoms with Crippen LogP contribution >= 0.6 is 0 Å². The molecular weight excluding hydrogens is 341 g/mol. The second-order valence-electron chi connectivity index (χ2n) is 8.91. The zero-order valence-electron chi connectivity index (χ0n) is 17.1. The van der Waals surface area contributed by atoms with Crippen molar-refractivity contribution in [3.8, 4) is 0 Å². The average Bonchev–Trinajstić information content (AvgIpc) is 2.87. The molecule has 0 aliphatic carbocycles. The predicted octanol–water partition coefficient (Wildman–Crippen LogP) is 3.84. The Morgan fingerprint density at radius 2 is 1.81 bits per heavy atom. The van der Waals surface area contributed by atoms with Crippen LogP contribution in [-0.4, -0.2) is 42.4 Å². The minimum absolute atomic E-state index is 0.213. The van der Waals surface area contributed by atoms with Crippen LogP contribution in [0, 0.1) is 0 Å². The van der Waals surface area contributed by atoms with Crippen LogP contribution in [0.1, 0.15) is 58.9 Å². The summed E-state index contributed by atoms with van der Waals surface area (Å²) in [5.74, 6) is 1.11. The summed E-state index contributed by atoms with van der Waals surface area (Å²) in [5.41, 5.74) is 1.38. The number of carbonyl (C=O) groups excluding carboxylic acids is 1. The lowest BCUT2D eigenvalue weighted by Gasteiger charge is -2.33. The molecular formula is C21H30BNO4. The van der Waals surface area contributed by atoms with E-state index in [0.717, 1.165) is 31.4 Å². The first-order valence-electron chi connectivity index (χ1n) is 9.67. The molecule has 3 rings (SSSR count). The molecule has 2 aliphatic rings. The van der Waals surface area contributed by atoms with Gasteiger partial charge < -0.3 is 18.9 Å². The Morgan fingerprint density at radius 3 is 2.30 bits per heavy atom. The van der Waals surface area contributed by atoms with Crippen molar-refractivity contribution < 1.29 is 18.8 Å². The molecule has 2 heterocycles. The number of likely N-dealkylation sites (tertiary alicyclic amines) is 1. The monoisotopic (exact) mass is 371 g/mol. The molecule has 2 fully saturated rings. The second kappa shape index (κ2) is 7.23.